The minimum absolute atomic E-state index is 0.0265. The van der Waals surface area contributed by atoms with Crippen LogP contribution in [0.15, 0.2) is 41.4 Å². The highest BCUT2D eigenvalue weighted by Gasteiger charge is 2.21. The van der Waals surface area contributed by atoms with Crippen molar-refractivity contribution in [2.45, 2.75) is 31.4 Å². The Bertz CT molecular complexity index is 1840. The van der Waals surface area contributed by atoms with Crippen molar-refractivity contribution in [3.8, 4) is 11.1 Å². The second kappa shape index (κ2) is 9.67. The lowest BCUT2D eigenvalue weighted by atomic mass is 10.1. The maximum Gasteiger partial charge on any atom is 0.295 e. The van der Waals surface area contributed by atoms with E-state index in [-0.39, 0.29) is 27.6 Å². The van der Waals surface area contributed by atoms with Gasteiger partial charge in [0.1, 0.15) is 11.3 Å². The third kappa shape index (κ3) is 4.77. The number of nitrogens with zero attached hydrogens (tertiary/aromatic N) is 6. The molecule has 5 aromatic rings. The SMILES string of the molecule is Cc1c(-c2ccc(Nc3cc(Nc4cc5n(n4)CCOC5)nc4nc(C(F)F)[nH]c34)c(S(C)(=O)=O)c2)cnn1C. The van der Waals surface area contributed by atoms with E-state index in [4.69, 9.17) is 4.74 Å². The van der Waals surface area contributed by atoms with Gasteiger partial charge in [0.15, 0.2) is 27.1 Å². The third-order valence-corrected chi connectivity index (χ3v) is 7.84. The van der Waals surface area contributed by atoms with Crippen LogP contribution >= 0.6 is 0 Å². The molecular formula is C25H25F2N9O3S. The van der Waals surface area contributed by atoms with Crippen LogP contribution < -0.4 is 10.6 Å². The average Bonchev–Trinajstić information content (AvgIpc) is 3.61. The van der Waals surface area contributed by atoms with Gasteiger partial charge in [0.05, 0.1) is 47.9 Å². The van der Waals surface area contributed by atoms with E-state index in [0.29, 0.717) is 36.8 Å². The van der Waals surface area contributed by atoms with Gasteiger partial charge in [0, 0.05) is 36.7 Å². The van der Waals surface area contributed by atoms with Crippen molar-refractivity contribution in [1.82, 2.24) is 34.5 Å². The fourth-order valence-corrected chi connectivity index (χ4v) is 5.44. The topological polar surface area (TPSA) is 145 Å². The second-order valence-corrected chi connectivity index (χ2v) is 11.5. The number of aromatic amines is 1. The molecule has 0 saturated heterocycles. The summed E-state index contributed by atoms with van der Waals surface area (Å²) in [5.74, 6) is 0.223. The standard InChI is InChI=1S/C25H25F2N9O3S/c1-13-16(11-28-35(13)2)14-4-5-17(19(8-14)40(3,37)38)29-18-10-20(31-24-22(18)32-25(33-24)23(26)27)30-21-9-15-12-39-7-6-36(15)34-21/h4-5,8-11,23H,6-7,12H2,1-3H3,(H3,29,30,31,32,33,34). The molecule has 0 aliphatic carbocycles. The Morgan fingerprint density at radius 3 is 2.62 bits per heavy atom. The number of sulfone groups is 1. The molecule has 6 rings (SSSR count). The number of halogens is 2. The first kappa shape index (κ1) is 25.9. The third-order valence-electron chi connectivity index (χ3n) is 6.70. The van der Waals surface area contributed by atoms with E-state index in [1.54, 1.807) is 42.2 Å². The number of aromatic nitrogens is 7. The van der Waals surface area contributed by atoms with Crippen LogP contribution in [0.1, 0.15) is 23.6 Å². The molecule has 40 heavy (non-hydrogen) atoms. The highest BCUT2D eigenvalue weighted by molar-refractivity contribution is 7.90. The number of alkyl halides is 2. The summed E-state index contributed by atoms with van der Waals surface area (Å²) in [5, 5.41) is 14.9. The Balaban J connectivity index is 1.43. The number of benzene rings is 1. The highest BCUT2D eigenvalue weighted by Crippen LogP contribution is 2.35. The van der Waals surface area contributed by atoms with Crippen LogP contribution in [0.3, 0.4) is 0 Å². The van der Waals surface area contributed by atoms with Gasteiger partial charge in [-0.05, 0) is 24.6 Å². The monoisotopic (exact) mass is 569 g/mol. The average molecular weight is 570 g/mol. The molecule has 0 saturated carbocycles. The first-order valence-electron chi connectivity index (χ1n) is 12.3. The summed E-state index contributed by atoms with van der Waals surface area (Å²) in [4.78, 5) is 11.0. The van der Waals surface area contributed by atoms with E-state index >= 15 is 0 Å². The van der Waals surface area contributed by atoms with Gasteiger partial charge in [-0.15, -0.1) is 0 Å². The number of nitrogens with one attached hydrogen (secondary N) is 3. The first-order valence-corrected chi connectivity index (χ1v) is 14.2. The maximum absolute atomic E-state index is 13.5. The van der Waals surface area contributed by atoms with Crippen molar-refractivity contribution in [3.05, 3.63) is 53.7 Å². The van der Waals surface area contributed by atoms with Gasteiger partial charge in [-0.2, -0.15) is 10.2 Å². The quantitative estimate of drug-likeness (QED) is 0.262. The van der Waals surface area contributed by atoms with Crippen LogP contribution in [0, 0.1) is 6.92 Å². The molecule has 0 bridgehead atoms. The molecule has 0 unspecified atom stereocenters. The van der Waals surface area contributed by atoms with Crippen molar-refractivity contribution in [1.29, 1.82) is 0 Å². The number of H-pyrrole nitrogens is 1. The summed E-state index contributed by atoms with van der Waals surface area (Å²) in [6.45, 7) is 3.47. The largest absolute Gasteiger partial charge is 0.373 e. The Kier molecular flexibility index (Phi) is 6.26. The van der Waals surface area contributed by atoms with Crippen LogP contribution in [-0.4, -0.2) is 55.8 Å². The zero-order chi connectivity index (χ0) is 28.2. The van der Waals surface area contributed by atoms with Gasteiger partial charge in [-0.1, -0.05) is 6.07 Å². The van der Waals surface area contributed by atoms with E-state index in [9.17, 15) is 17.2 Å². The van der Waals surface area contributed by atoms with E-state index in [0.717, 1.165) is 23.2 Å². The molecular weight excluding hydrogens is 544 g/mol. The predicted molar refractivity (Wildman–Crippen MR) is 144 cm³/mol. The lowest BCUT2D eigenvalue weighted by Crippen LogP contribution is -2.16. The number of anilines is 4. The van der Waals surface area contributed by atoms with Crippen molar-refractivity contribution >= 4 is 44.0 Å². The fraction of sp³-hybridized carbons (Fsp3) is 0.280. The number of hydrogen-bond acceptors (Lipinski definition) is 9. The number of aryl methyl sites for hydroxylation is 1. The fourth-order valence-electron chi connectivity index (χ4n) is 4.58. The summed E-state index contributed by atoms with van der Waals surface area (Å²) in [5.41, 5.74) is 4.01. The minimum Gasteiger partial charge on any atom is -0.373 e. The molecule has 208 valence electrons. The van der Waals surface area contributed by atoms with E-state index < -0.39 is 22.1 Å². The van der Waals surface area contributed by atoms with Crippen LogP contribution in [-0.2, 0) is 34.8 Å². The molecule has 1 aliphatic rings. The van der Waals surface area contributed by atoms with Gasteiger partial charge >= 0.3 is 0 Å². The lowest BCUT2D eigenvalue weighted by Gasteiger charge is -2.14. The molecule has 0 atom stereocenters. The molecule has 4 aromatic heterocycles. The van der Waals surface area contributed by atoms with Gasteiger partial charge in [-0.25, -0.2) is 27.2 Å². The zero-order valence-corrected chi connectivity index (χ0v) is 22.6. The minimum atomic E-state index is -3.70. The summed E-state index contributed by atoms with van der Waals surface area (Å²) in [6, 6.07) is 8.36. The number of imidazole rings is 1. The smallest absolute Gasteiger partial charge is 0.295 e. The predicted octanol–water partition coefficient (Wildman–Crippen LogP) is 4.22. The number of hydrogen-bond donors (Lipinski definition) is 3. The van der Waals surface area contributed by atoms with Crippen molar-refractivity contribution in [2.24, 2.45) is 7.05 Å². The Morgan fingerprint density at radius 2 is 1.93 bits per heavy atom. The second-order valence-electron chi connectivity index (χ2n) is 9.47. The van der Waals surface area contributed by atoms with E-state index in [1.165, 1.54) is 0 Å². The lowest BCUT2D eigenvalue weighted by molar-refractivity contribution is 0.0801. The Labute approximate surface area is 227 Å². The van der Waals surface area contributed by atoms with Crippen LogP contribution in [0.2, 0.25) is 0 Å². The van der Waals surface area contributed by atoms with Gasteiger partial charge in [0.2, 0.25) is 0 Å². The number of pyridine rings is 1. The van der Waals surface area contributed by atoms with Crippen LogP contribution in [0.5, 0.6) is 0 Å². The number of rotatable bonds is 7. The van der Waals surface area contributed by atoms with Crippen LogP contribution in [0.25, 0.3) is 22.3 Å². The van der Waals surface area contributed by atoms with E-state index in [2.05, 4.69) is 35.8 Å². The van der Waals surface area contributed by atoms with Gasteiger partial charge < -0.3 is 20.4 Å². The molecule has 1 aromatic carbocycles. The zero-order valence-electron chi connectivity index (χ0n) is 21.7. The van der Waals surface area contributed by atoms with Crippen molar-refractivity contribution in [3.63, 3.8) is 0 Å². The molecule has 15 heteroatoms. The van der Waals surface area contributed by atoms with Crippen molar-refractivity contribution < 1.29 is 21.9 Å². The van der Waals surface area contributed by atoms with E-state index in [1.807, 2.05) is 17.7 Å². The van der Waals surface area contributed by atoms with Gasteiger partial charge in [0.25, 0.3) is 6.43 Å². The highest BCUT2D eigenvalue weighted by atomic mass is 32.2. The summed E-state index contributed by atoms with van der Waals surface area (Å²) in [6.07, 6.45) is -0.0746. The molecule has 5 heterocycles. The molecule has 0 spiro atoms. The molecule has 0 radical (unpaired) electrons. The van der Waals surface area contributed by atoms with Crippen LogP contribution in [0.4, 0.5) is 31.8 Å². The Morgan fingerprint density at radius 1 is 1.10 bits per heavy atom. The molecule has 1 aliphatic heterocycles. The summed E-state index contributed by atoms with van der Waals surface area (Å²) in [7, 11) is -1.90. The Hall–Kier alpha value is -4.37. The summed E-state index contributed by atoms with van der Waals surface area (Å²) >= 11 is 0. The maximum atomic E-state index is 13.5. The molecule has 0 fully saturated rings. The molecule has 12 nitrogen and oxygen atoms in total. The van der Waals surface area contributed by atoms with Gasteiger partial charge in [-0.3, -0.25) is 9.36 Å². The summed E-state index contributed by atoms with van der Waals surface area (Å²) < 4.78 is 61.7. The normalized spacial score (nSPS) is 13.7. The number of ether oxygens (including phenoxy) is 1. The van der Waals surface area contributed by atoms with Crippen molar-refractivity contribution in [2.75, 3.05) is 23.5 Å². The number of fused-ring (bicyclic) bond motifs is 2. The molecule has 0 amide bonds. The molecule has 3 N–H and O–H groups in total. The first-order chi connectivity index (χ1) is 19.1.